The molecule has 0 bridgehead atoms. The normalized spacial score (nSPS) is 24.7. The van der Waals surface area contributed by atoms with Gasteiger partial charge in [0.05, 0.1) is 16.7 Å². The van der Waals surface area contributed by atoms with Crippen LogP contribution in [0, 0.1) is 0 Å². The van der Waals surface area contributed by atoms with Crippen LogP contribution in [0.2, 0.25) is 0 Å². The summed E-state index contributed by atoms with van der Waals surface area (Å²) in [6.45, 7) is 0. The fraction of sp³-hybridized carbons (Fsp3) is 0.120. The van der Waals surface area contributed by atoms with Crippen molar-refractivity contribution in [1.29, 1.82) is 0 Å². The number of para-hydroxylation sites is 1. The molecule has 1 amide bonds. The SMILES string of the molecule is O=C1N[C@]2(Oc3ccccc3[C@H]3CC(c4ccccc4)=NN32)/C(=C/c2ccc(O)cc2)S1. The lowest BCUT2D eigenvalue weighted by atomic mass is 9.95. The highest BCUT2D eigenvalue weighted by Gasteiger charge is 2.58. The topological polar surface area (TPSA) is 74.2 Å². The summed E-state index contributed by atoms with van der Waals surface area (Å²) < 4.78 is 6.51. The lowest BCUT2D eigenvalue weighted by Crippen LogP contribution is -2.61. The van der Waals surface area contributed by atoms with E-state index >= 15 is 0 Å². The van der Waals surface area contributed by atoms with Gasteiger partial charge in [0.25, 0.3) is 5.24 Å². The first kappa shape index (κ1) is 19.0. The van der Waals surface area contributed by atoms with Gasteiger partial charge in [0.2, 0.25) is 0 Å². The maximum atomic E-state index is 12.6. The summed E-state index contributed by atoms with van der Waals surface area (Å²) in [5.74, 6) is -0.304. The number of phenolic OH excluding ortho intramolecular Hbond substituents is 1. The Labute approximate surface area is 189 Å². The van der Waals surface area contributed by atoms with Crippen LogP contribution in [0.4, 0.5) is 4.79 Å². The van der Waals surface area contributed by atoms with Crippen LogP contribution in [0.3, 0.4) is 0 Å². The number of phenols is 1. The minimum absolute atomic E-state index is 0.0719. The largest absolute Gasteiger partial charge is 0.508 e. The quantitative estimate of drug-likeness (QED) is 0.580. The first-order valence-electron chi connectivity index (χ1n) is 10.3. The first-order valence-corrected chi connectivity index (χ1v) is 11.2. The van der Waals surface area contributed by atoms with E-state index in [1.807, 2.05) is 59.6 Å². The van der Waals surface area contributed by atoms with Crippen LogP contribution in [-0.4, -0.2) is 26.9 Å². The Balaban J connectivity index is 1.51. The zero-order valence-corrected chi connectivity index (χ0v) is 17.8. The summed E-state index contributed by atoms with van der Waals surface area (Å²) in [5, 5.41) is 19.3. The minimum atomic E-state index is -1.23. The molecule has 1 spiro atoms. The van der Waals surface area contributed by atoms with Gasteiger partial charge in [-0.3, -0.25) is 10.1 Å². The summed E-state index contributed by atoms with van der Waals surface area (Å²) >= 11 is 1.10. The molecule has 2 atom stereocenters. The highest BCUT2D eigenvalue weighted by molar-refractivity contribution is 8.17. The second-order valence-corrected chi connectivity index (χ2v) is 8.89. The number of hydrogen-bond donors (Lipinski definition) is 2. The third-order valence-corrected chi connectivity index (χ3v) is 6.78. The van der Waals surface area contributed by atoms with Crippen molar-refractivity contribution >= 4 is 28.8 Å². The Morgan fingerprint density at radius 2 is 1.81 bits per heavy atom. The molecule has 1 fully saturated rings. The highest BCUT2D eigenvalue weighted by Crippen LogP contribution is 2.52. The number of amides is 1. The standard InChI is InChI=1S/C25H19N3O3S/c29-18-12-10-16(11-13-18)14-23-25(26-24(30)32-23)28-21(19-8-4-5-9-22(19)31-25)15-20(27-28)17-6-2-1-3-7-17/h1-14,21,29H,15H2,(H,26,30)/b23-14-/t21-,25-/m1/s1. The molecule has 3 aromatic carbocycles. The van der Waals surface area contributed by atoms with Crippen molar-refractivity contribution < 1.29 is 14.6 Å². The summed E-state index contributed by atoms with van der Waals surface area (Å²) in [5.41, 5.74) is 3.90. The van der Waals surface area contributed by atoms with Crippen molar-refractivity contribution in [3.63, 3.8) is 0 Å². The fourth-order valence-corrected chi connectivity index (χ4v) is 5.30. The van der Waals surface area contributed by atoms with Gasteiger partial charge in [-0.2, -0.15) is 5.10 Å². The van der Waals surface area contributed by atoms with Gasteiger partial charge in [0.15, 0.2) is 0 Å². The molecule has 158 valence electrons. The molecule has 32 heavy (non-hydrogen) atoms. The van der Waals surface area contributed by atoms with Crippen LogP contribution >= 0.6 is 11.8 Å². The van der Waals surface area contributed by atoms with E-state index in [-0.39, 0.29) is 17.0 Å². The van der Waals surface area contributed by atoms with E-state index in [0.717, 1.165) is 39.9 Å². The molecular weight excluding hydrogens is 422 g/mol. The van der Waals surface area contributed by atoms with E-state index in [2.05, 4.69) is 11.4 Å². The van der Waals surface area contributed by atoms with Crippen molar-refractivity contribution in [3.8, 4) is 11.5 Å². The number of hydrogen-bond acceptors (Lipinski definition) is 6. The van der Waals surface area contributed by atoms with E-state index < -0.39 is 5.85 Å². The van der Waals surface area contributed by atoms with Crippen molar-refractivity contribution in [3.05, 3.63) is 100 Å². The molecule has 0 saturated carbocycles. The third-order valence-electron chi connectivity index (χ3n) is 5.87. The number of nitrogens with zero attached hydrogens (tertiary/aromatic N) is 2. The molecule has 3 aliphatic heterocycles. The van der Waals surface area contributed by atoms with Crippen LogP contribution < -0.4 is 10.1 Å². The summed E-state index contributed by atoms with van der Waals surface area (Å²) in [7, 11) is 0. The maximum absolute atomic E-state index is 12.6. The predicted octanol–water partition coefficient (Wildman–Crippen LogP) is 5.09. The molecule has 1 saturated heterocycles. The lowest BCUT2D eigenvalue weighted by Gasteiger charge is -2.45. The number of rotatable bonds is 2. The Morgan fingerprint density at radius 3 is 2.62 bits per heavy atom. The number of aromatic hydroxyl groups is 1. The van der Waals surface area contributed by atoms with E-state index in [9.17, 15) is 9.90 Å². The van der Waals surface area contributed by atoms with Crippen molar-refractivity contribution in [2.24, 2.45) is 5.10 Å². The number of nitrogens with one attached hydrogen (secondary N) is 1. The zero-order chi connectivity index (χ0) is 21.7. The maximum Gasteiger partial charge on any atom is 0.314 e. The molecule has 3 heterocycles. The molecule has 6 rings (SSSR count). The monoisotopic (exact) mass is 441 g/mol. The molecule has 0 unspecified atom stereocenters. The zero-order valence-electron chi connectivity index (χ0n) is 16.9. The second kappa shape index (κ2) is 7.17. The van der Waals surface area contributed by atoms with Crippen molar-refractivity contribution in [1.82, 2.24) is 10.3 Å². The van der Waals surface area contributed by atoms with E-state index in [1.54, 1.807) is 24.3 Å². The van der Waals surface area contributed by atoms with Gasteiger partial charge >= 0.3 is 5.85 Å². The number of ether oxygens (including phenoxy) is 1. The number of carbonyl (C=O) groups excluding carboxylic acids is 1. The van der Waals surface area contributed by atoms with Crippen LogP contribution in [0.1, 0.15) is 29.2 Å². The average Bonchev–Trinajstić information content (AvgIpc) is 3.39. The second-order valence-electron chi connectivity index (χ2n) is 7.88. The number of fused-ring (bicyclic) bond motifs is 4. The molecule has 3 aliphatic rings. The summed E-state index contributed by atoms with van der Waals surface area (Å²) in [6.07, 6.45) is 2.61. The van der Waals surface area contributed by atoms with Crippen LogP contribution in [0.5, 0.6) is 11.5 Å². The number of benzene rings is 3. The lowest BCUT2D eigenvalue weighted by molar-refractivity contribution is -0.0949. The van der Waals surface area contributed by atoms with Gasteiger partial charge in [-0.05, 0) is 47.2 Å². The molecule has 6 nitrogen and oxygen atoms in total. The van der Waals surface area contributed by atoms with Gasteiger partial charge < -0.3 is 9.84 Å². The van der Waals surface area contributed by atoms with Gasteiger partial charge in [0, 0.05) is 12.0 Å². The number of thioether (sulfide) groups is 1. The third kappa shape index (κ3) is 2.97. The number of carbonyl (C=O) groups is 1. The summed E-state index contributed by atoms with van der Waals surface area (Å²) in [6, 6.07) is 24.8. The minimum Gasteiger partial charge on any atom is -0.508 e. The van der Waals surface area contributed by atoms with Gasteiger partial charge in [-0.1, -0.05) is 60.7 Å². The van der Waals surface area contributed by atoms with Crippen LogP contribution in [-0.2, 0) is 0 Å². The first-order chi connectivity index (χ1) is 15.6. The predicted molar refractivity (Wildman–Crippen MR) is 124 cm³/mol. The molecule has 0 aromatic heterocycles. The van der Waals surface area contributed by atoms with Crippen LogP contribution in [0.25, 0.3) is 6.08 Å². The van der Waals surface area contributed by atoms with Crippen molar-refractivity contribution in [2.75, 3.05) is 0 Å². The fourth-order valence-electron chi connectivity index (χ4n) is 4.39. The summed E-state index contributed by atoms with van der Waals surface area (Å²) in [4.78, 5) is 13.3. The number of hydrazone groups is 1. The van der Waals surface area contributed by atoms with E-state index in [0.29, 0.717) is 11.3 Å². The molecule has 7 heteroatoms. The smallest absolute Gasteiger partial charge is 0.314 e. The van der Waals surface area contributed by atoms with Crippen molar-refractivity contribution in [2.45, 2.75) is 18.3 Å². The Hall–Kier alpha value is -3.71. The van der Waals surface area contributed by atoms with Gasteiger partial charge in [-0.25, -0.2) is 5.01 Å². The van der Waals surface area contributed by atoms with E-state index in [4.69, 9.17) is 9.84 Å². The molecular formula is C25H19N3O3S. The Bertz CT molecular complexity index is 1270. The molecule has 0 aliphatic carbocycles. The average molecular weight is 442 g/mol. The van der Waals surface area contributed by atoms with Crippen LogP contribution in [0.15, 0.2) is 88.9 Å². The van der Waals surface area contributed by atoms with Gasteiger partial charge in [0.1, 0.15) is 11.5 Å². The van der Waals surface area contributed by atoms with Gasteiger partial charge in [-0.15, -0.1) is 0 Å². The highest BCUT2D eigenvalue weighted by atomic mass is 32.2. The molecule has 2 N–H and O–H groups in total. The Morgan fingerprint density at radius 1 is 1.06 bits per heavy atom. The molecule has 3 aromatic rings. The Kier molecular flexibility index (Phi) is 4.26. The van der Waals surface area contributed by atoms with E-state index in [1.165, 1.54) is 0 Å². The molecule has 0 radical (unpaired) electrons.